The molecular weight excluding hydrogens is 622 g/mol. The lowest BCUT2D eigenvalue weighted by Gasteiger charge is -2.35. The number of rotatable bonds is 8. The zero-order chi connectivity index (χ0) is 30.8. The van der Waals surface area contributed by atoms with Gasteiger partial charge in [0, 0.05) is 53.3 Å². The van der Waals surface area contributed by atoms with Gasteiger partial charge in [0.2, 0.25) is 0 Å². The van der Waals surface area contributed by atoms with Crippen LogP contribution in [0.4, 0.5) is 21.5 Å². The molecule has 2 aliphatic heterocycles. The van der Waals surface area contributed by atoms with Crippen molar-refractivity contribution in [1.82, 2.24) is 25.9 Å². The number of nitrogens with zero attached hydrogens (tertiary/aromatic N) is 4. The smallest absolute Gasteiger partial charge is 0.141 e. The molecule has 4 aromatic rings. The molecule has 4 N–H and O–H groups in total. The molecule has 1 saturated heterocycles. The maximum absolute atomic E-state index is 13.8. The van der Waals surface area contributed by atoms with Crippen molar-refractivity contribution >= 4 is 62.8 Å². The van der Waals surface area contributed by atoms with E-state index in [9.17, 15) is 9.65 Å². The van der Waals surface area contributed by atoms with E-state index in [1.807, 2.05) is 36.4 Å². The number of likely N-dealkylation sites (tertiary alicyclic amines) is 1. The maximum Gasteiger partial charge on any atom is 0.141 e. The Morgan fingerprint density at radius 2 is 1.80 bits per heavy atom. The highest BCUT2D eigenvalue weighted by atomic mass is 35.5. The van der Waals surface area contributed by atoms with Crippen LogP contribution in [0, 0.1) is 17.1 Å². The van der Waals surface area contributed by atoms with Crippen LogP contribution in [0.5, 0.6) is 0 Å². The van der Waals surface area contributed by atoms with E-state index in [1.165, 1.54) is 18.3 Å². The van der Waals surface area contributed by atoms with Crippen molar-refractivity contribution in [2.24, 2.45) is 0 Å². The van der Waals surface area contributed by atoms with E-state index in [-0.39, 0.29) is 11.1 Å². The van der Waals surface area contributed by atoms with Gasteiger partial charge in [-0.3, -0.25) is 9.99 Å². The topological polar surface area (TPSA) is 91.3 Å². The molecule has 226 valence electrons. The van der Waals surface area contributed by atoms with Gasteiger partial charge in [0.1, 0.15) is 11.9 Å². The summed E-state index contributed by atoms with van der Waals surface area (Å²) in [7, 11) is 0. The molecule has 0 amide bonds. The molecule has 0 aliphatic carbocycles. The fourth-order valence-electron chi connectivity index (χ4n) is 5.64. The number of benzene rings is 3. The number of anilines is 3. The Balaban J connectivity index is 1.36. The summed E-state index contributed by atoms with van der Waals surface area (Å²) in [6.45, 7) is 5.40. The second kappa shape index (κ2) is 13.1. The molecule has 1 atom stereocenters. The average Bonchev–Trinajstić information content (AvgIpc) is 3.52. The minimum absolute atomic E-state index is 0.0334. The van der Waals surface area contributed by atoms with Gasteiger partial charge in [0.15, 0.2) is 0 Å². The minimum Gasteiger partial charge on any atom is -0.373 e. The third-order valence-electron chi connectivity index (χ3n) is 8.06. The molecule has 2 aliphatic rings. The molecule has 0 bridgehead atoms. The number of hydrogen-bond donors (Lipinski definition) is 4. The van der Waals surface area contributed by atoms with E-state index in [4.69, 9.17) is 34.8 Å². The van der Waals surface area contributed by atoms with Crippen LogP contribution in [0.3, 0.4) is 0 Å². The van der Waals surface area contributed by atoms with Crippen molar-refractivity contribution in [3.8, 4) is 6.07 Å². The quantitative estimate of drug-likeness (QED) is 0.154. The van der Waals surface area contributed by atoms with E-state index < -0.39 is 5.82 Å². The van der Waals surface area contributed by atoms with Gasteiger partial charge >= 0.3 is 0 Å². The Labute approximate surface area is 270 Å². The number of nitrogens with one attached hydrogen (secondary N) is 4. The highest BCUT2D eigenvalue weighted by molar-refractivity contribution is 6.36. The molecule has 6 rings (SSSR count). The summed E-state index contributed by atoms with van der Waals surface area (Å²) in [5, 5.41) is 20.5. The van der Waals surface area contributed by atoms with E-state index in [1.54, 1.807) is 6.07 Å². The first-order chi connectivity index (χ1) is 21.3. The van der Waals surface area contributed by atoms with Crippen molar-refractivity contribution in [1.29, 1.82) is 5.26 Å². The summed E-state index contributed by atoms with van der Waals surface area (Å²) in [4.78, 5) is 6.92. The minimum atomic E-state index is -0.533. The normalized spacial score (nSPS) is 16.4. The van der Waals surface area contributed by atoms with E-state index >= 15 is 0 Å². The Morgan fingerprint density at radius 1 is 1.05 bits per heavy atom. The molecule has 12 heteroatoms. The Morgan fingerprint density at radius 3 is 2.50 bits per heavy atom. The number of halogens is 4. The predicted octanol–water partition coefficient (Wildman–Crippen LogP) is 7.75. The van der Waals surface area contributed by atoms with E-state index in [0.29, 0.717) is 49.6 Å². The molecule has 44 heavy (non-hydrogen) atoms. The van der Waals surface area contributed by atoms with Crippen molar-refractivity contribution < 1.29 is 4.39 Å². The van der Waals surface area contributed by atoms with Crippen LogP contribution in [-0.2, 0) is 0 Å². The molecular formula is C32H30Cl3FN8. The molecule has 1 aromatic heterocycles. The highest BCUT2D eigenvalue weighted by Crippen LogP contribution is 2.37. The van der Waals surface area contributed by atoms with Crippen molar-refractivity contribution in [3.63, 3.8) is 0 Å². The Bertz CT molecular complexity index is 1750. The largest absolute Gasteiger partial charge is 0.373 e. The highest BCUT2D eigenvalue weighted by Gasteiger charge is 2.29. The molecule has 1 fully saturated rings. The van der Waals surface area contributed by atoms with Gasteiger partial charge in [-0.2, -0.15) is 5.26 Å². The molecule has 3 heterocycles. The fourth-order valence-corrected chi connectivity index (χ4v) is 6.22. The average molecular weight is 652 g/mol. The summed E-state index contributed by atoms with van der Waals surface area (Å²) >= 11 is 19.0. The first-order valence-electron chi connectivity index (χ1n) is 14.3. The van der Waals surface area contributed by atoms with Crippen LogP contribution in [-0.4, -0.2) is 40.6 Å². The molecule has 0 radical (unpaired) electrons. The number of nitriles is 1. The fraction of sp³-hybridized carbons (Fsp3) is 0.250. The molecule has 0 saturated carbocycles. The first kappa shape index (κ1) is 30.3. The van der Waals surface area contributed by atoms with Crippen LogP contribution < -0.4 is 21.6 Å². The zero-order valence-corrected chi connectivity index (χ0v) is 26.1. The lowest BCUT2D eigenvalue weighted by molar-refractivity contribution is 0.112. The third-order valence-corrected chi connectivity index (χ3v) is 8.89. The van der Waals surface area contributed by atoms with Crippen LogP contribution in [0.15, 0.2) is 72.7 Å². The van der Waals surface area contributed by atoms with Gasteiger partial charge in [0.05, 0.1) is 38.6 Å². The van der Waals surface area contributed by atoms with Crippen LogP contribution in [0.25, 0.3) is 10.9 Å². The number of hydrogen-bond acceptors (Lipinski definition) is 8. The Hall–Kier alpha value is -3.78. The monoisotopic (exact) mass is 650 g/mol. The Kier molecular flexibility index (Phi) is 8.98. The SMILES string of the molecule is CCN1CCC(N2C=C([C@@H](Nc3cc(Cl)c4ncc(C#N)c(Nc5ccc(F)c(Cl)c5)c4c3)c3ccc(Cl)cc3)NN2)CC1. The van der Waals surface area contributed by atoms with Gasteiger partial charge in [-0.25, -0.2) is 4.39 Å². The second-order valence-electron chi connectivity index (χ2n) is 10.8. The summed E-state index contributed by atoms with van der Waals surface area (Å²) in [6.07, 6.45) is 5.70. The second-order valence-corrected chi connectivity index (χ2v) is 12.0. The summed E-state index contributed by atoms with van der Waals surface area (Å²) in [5.41, 5.74) is 11.1. The van der Waals surface area contributed by atoms with E-state index in [0.717, 1.165) is 43.7 Å². The number of fused-ring (bicyclic) bond motifs is 1. The third kappa shape index (κ3) is 6.36. The number of aromatic nitrogens is 1. The van der Waals surface area contributed by atoms with Crippen LogP contribution >= 0.6 is 34.8 Å². The van der Waals surface area contributed by atoms with Crippen molar-refractivity contribution in [2.45, 2.75) is 31.8 Å². The molecule has 0 unspecified atom stereocenters. The standard InChI is InChI=1S/C32H30Cl3FN8/c1-2-43-11-9-24(10-12-43)44-18-29(41-42-44)31(19-3-5-21(33)6-4-19)40-23-13-25-30(39-22-7-8-28(36)26(34)14-22)20(16-37)17-38-32(25)27(35)15-23/h3-8,13-15,17-18,24,31,40-42H,2,9-12H2,1H3,(H,38,39)/t31-/m0/s1. The van der Waals surface area contributed by atoms with Crippen molar-refractivity contribution in [2.75, 3.05) is 30.3 Å². The molecule has 3 aromatic carbocycles. The number of pyridine rings is 1. The number of hydrazine groups is 2. The van der Waals surface area contributed by atoms with Gasteiger partial charge in [-0.05, 0) is 67.4 Å². The maximum atomic E-state index is 13.8. The molecule has 0 spiro atoms. The summed E-state index contributed by atoms with van der Waals surface area (Å²) < 4.78 is 13.8. The lowest BCUT2D eigenvalue weighted by atomic mass is 10.0. The van der Waals surface area contributed by atoms with Crippen molar-refractivity contribution in [3.05, 3.63) is 105 Å². The molecule has 8 nitrogen and oxygen atoms in total. The van der Waals surface area contributed by atoms with Gasteiger partial charge in [-0.1, -0.05) is 53.9 Å². The van der Waals surface area contributed by atoms with Gasteiger partial charge < -0.3 is 21.0 Å². The van der Waals surface area contributed by atoms with Crippen LogP contribution in [0.2, 0.25) is 15.1 Å². The first-order valence-corrected chi connectivity index (χ1v) is 15.5. The van der Waals surface area contributed by atoms with Gasteiger partial charge in [0.25, 0.3) is 0 Å². The number of piperidine rings is 1. The van der Waals surface area contributed by atoms with Crippen LogP contribution in [0.1, 0.15) is 36.9 Å². The van der Waals surface area contributed by atoms with Gasteiger partial charge in [-0.15, -0.1) is 5.53 Å². The summed E-state index contributed by atoms with van der Waals surface area (Å²) in [5.74, 6) is -0.533. The predicted molar refractivity (Wildman–Crippen MR) is 175 cm³/mol. The lowest BCUT2D eigenvalue weighted by Crippen LogP contribution is -2.48. The summed E-state index contributed by atoms with van der Waals surface area (Å²) in [6, 6.07) is 17.9. The zero-order valence-electron chi connectivity index (χ0n) is 23.8. The van der Waals surface area contributed by atoms with E-state index in [2.05, 4.69) is 55.7 Å².